The molecule has 0 saturated carbocycles. The Morgan fingerprint density at radius 1 is 1.90 bits per heavy atom. The van der Waals surface area contributed by atoms with Crippen molar-refractivity contribution in [2.24, 2.45) is 0 Å². The van der Waals surface area contributed by atoms with Gasteiger partial charge in [0.15, 0.2) is 0 Å². The van der Waals surface area contributed by atoms with Crippen LogP contribution in [0.5, 0.6) is 0 Å². The first-order valence-corrected chi connectivity index (χ1v) is 5.69. The molecule has 1 atom stereocenters. The van der Waals surface area contributed by atoms with Gasteiger partial charge in [0, 0.05) is 17.9 Å². The highest BCUT2D eigenvalue weighted by molar-refractivity contribution is 7.64. The quantitative estimate of drug-likeness (QED) is 0.416. The summed E-state index contributed by atoms with van der Waals surface area (Å²) in [7, 11) is -1.86. The highest BCUT2D eigenvalue weighted by atomic mass is 31.2. The summed E-state index contributed by atoms with van der Waals surface area (Å²) < 4.78 is 11.6. The largest absolute Gasteiger partial charge is 0.323 e. The van der Waals surface area contributed by atoms with Gasteiger partial charge in [-0.3, -0.25) is 0 Å². The predicted octanol–water partition coefficient (Wildman–Crippen LogP) is 1.94. The Kier molecular flexibility index (Phi) is 2.02. The second-order valence-electron chi connectivity index (χ2n) is 2.59. The van der Waals surface area contributed by atoms with E-state index in [9.17, 15) is 4.57 Å². The Balaban J connectivity index is 2.70. The fourth-order valence-corrected chi connectivity index (χ4v) is 3.07. The fourth-order valence-electron chi connectivity index (χ4n) is 1.06. The Labute approximate surface area is 61.9 Å². The van der Waals surface area contributed by atoms with Gasteiger partial charge in [-0.25, -0.2) is 0 Å². The van der Waals surface area contributed by atoms with Crippen molar-refractivity contribution >= 4 is 7.14 Å². The Hall–Kier alpha value is -0.470. The molecule has 0 bridgehead atoms. The third-order valence-corrected chi connectivity index (χ3v) is 4.81. The fraction of sp³-hybridized carbons (Fsp3) is 0.500. The Morgan fingerprint density at radius 3 is 2.90 bits per heavy atom. The van der Waals surface area contributed by atoms with Gasteiger partial charge in [0.1, 0.15) is 0 Å². The molecule has 0 aromatic heterocycles. The number of allylic oxidation sites excluding steroid dienone is 2. The normalized spacial score (nSPS) is 31.4. The lowest BCUT2D eigenvalue weighted by Crippen LogP contribution is -1.88. The molecular weight excluding hydrogens is 143 g/mol. The molecule has 1 aliphatic heterocycles. The van der Waals surface area contributed by atoms with Crippen LogP contribution >= 0.6 is 7.14 Å². The third kappa shape index (κ3) is 1.33. The topological polar surface area (TPSA) is 17.1 Å². The van der Waals surface area contributed by atoms with Crippen LogP contribution in [-0.2, 0) is 4.57 Å². The molecule has 0 aromatic carbocycles. The molecule has 1 nitrogen and oxygen atoms in total. The molecule has 54 valence electrons. The first kappa shape index (κ1) is 7.63. The first-order chi connectivity index (χ1) is 4.70. The van der Waals surface area contributed by atoms with Crippen molar-refractivity contribution < 1.29 is 4.57 Å². The summed E-state index contributed by atoms with van der Waals surface area (Å²) in [4.78, 5) is 0. The maximum Gasteiger partial charge on any atom is 0.0959 e. The molecule has 0 aliphatic carbocycles. The van der Waals surface area contributed by atoms with Gasteiger partial charge in [-0.05, 0) is 6.16 Å². The summed E-state index contributed by atoms with van der Waals surface area (Å²) in [5.74, 6) is 2.54. The molecule has 2 heteroatoms. The van der Waals surface area contributed by atoms with Gasteiger partial charge in [0.05, 0.1) is 7.14 Å². The summed E-state index contributed by atoms with van der Waals surface area (Å²) in [5, 5.41) is 0. The molecule has 1 unspecified atom stereocenters. The van der Waals surface area contributed by atoms with Gasteiger partial charge in [0.2, 0.25) is 0 Å². The molecule has 1 heterocycles. The van der Waals surface area contributed by atoms with Crippen molar-refractivity contribution in [2.75, 3.05) is 18.5 Å². The molecule has 0 spiro atoms. The molecule has 0 saturated heterocycles. The first-order valence-electron chi connectivity index (χ1n) is 3.43. The highest BCUT2D eigenvalue weighted by Gasteiger charge is 2.24. The summed E-state index contributed by atoms with van der Waals surface area (Å²) in [5.41, 5.74) is 0.935. The standard InChI is InChI=1S/C8H11OP/c1-3-8-5-6-10(9,4-2)7-8/h1,5H,4,6-7H2,2H3. The zero-order chi connectivity index (χ0) is 7.61. The zero-order valence-corrected chi connectivity index (χ0v) is 7.03. The van der Waals surface area contributed by atoms with Crippen molar-refractivity contribution in [1.82, 2.24) is 0 Å². The second-order valence-corrected chi connectivity index (χ2v) is 6.02. The van der Waals surface area contributed by atoms with E-state index in [1.54, 1.807) is 0 Å². The van der Waals surface area contributed by atoms with Gasteiger partial charge < -0.3 is 4.57 Å². The van der Waals surface area contributed by atoms with Crippen LogP contribution < -0.4 is 0 Å². The minimum absolute atomic E-state index is 0.667. The Bertz CT molecular complexity index is 244. The van der Waals surface area contributed by atoms with E-state index in [-0.39, 0.29) is 0 Å². The highest BCUT2D eigenvalue weighted by Crippen LogP contribution is 2.50. The van der Waals surface area contributed by atoms with Crippen LogP contribution in [0, 0.1) is 12.3 Å². The molecular formula is C8H11OP. The number of hydrogen-bond donors (Lipinski definition) is 0. The summed E-state index contributed by atoms with van der Waals surface area (Å²) in [6, 6.07) is 0. The maximum atomic E-state index is 11.6. The molecule has 0 amide bonds. The van der Waals surface area contributed by atoms with Gasteiger partial charge in [0.25, 0.3) is 0 Å². The van der Waals surface area contributed by atoms with Crippen LogP contribution in [0.25, 0.3) is 0 Å². The molecule has 1 aliphatic rings. The molecule has 0 aromatic rings. The van der Waals surface area contributed by atoms with E-state index in [0.29, 0.717) is 6.16 Å². The number of rotatable bonds is 1. The lowest BCUT2D eigenvalue weighted by Gasteiger charge is -2.05. The predicted molar refractivity (Wildman–Crippen MR) is 44.8 cm³/mol. The van der Waals surface area contributed by atoms with Crippen molar-refractivity contribution in [1.29, 1.82) is 0 Å². The minimum Gasteiger partial charge on any atom is -0.323 e. The molecule has 1 rings (SSSR count). The van der Waals surface area contributed by atoms with Crippen LogP contribution in [0.4, 0.5) is 0 Å². The van der Waals surface area contributed by atoms with Crippen molar-refractivity contribution in [3.05, 3.63) is 11.6 Å². The van der Waals surface area contributed by atoms with E-state index >= 15 is 0 Å². The van der Waals surface area contributed by atoms with E-state index in [2.05, 4.69) is 5.92 Å². The summed E-state index contributed by atoms with van der Waals surface area (Å²) >= 11 is 0. The zero-order valence-electron chi connectivity index (χ0n) is 6.13. The van der Waals surface area contributed by atoms with Gasteiger partial charge in [-0.15, -0.1) is 6.42 Å². The van der Waals surface area contributed by atoms with E-state index in [0.717, 1.165) is 17.9 Å². The van der Waals surface area contributed by atoms with Crippen molar-refractivity contribution in [3.8, 4) is 12.3 Å². The van der Waals surface area contributed by atoms with Crippen LogP contribution in [-0.4, -0.2) is 18.5 Å². The van der Waals surface area contributed by atoms with Gasteiger partial charge in [-0.2, -0.15) is 0 Å². The maximum absolute atomic E-state index is 11.6. The summed E-state index contributed by atoms with van der Waals surface area (Å²) in [6.07, 6.45) is 9.28. The Morgan fingerprint density at radius 2 is 2.60 bits per heavy atom. The second kappa shape index (κ2) is 2.64. The van der Waals surface area contributed by atoms with Gasteiger partial charge in [-0.1, -0.05) is 18.9 Å². The molecule has 0 N–H and O–H groups in total. The van der Waals surface area contributed by atoms with Crippen LogP contribution in [0.2, 0.25) is 0 Å². The molecule has 10 heavy (non-hydrogen) atoms. The van der Waals surface area contributed by atoms with Crippen molar-refractivity contribution in [2.45, 2.75) is 6.92 Å². The van der Waals surface area contributed by atoms with Crippen LogP contribution in [0.1, 0.15) is 6.92 Å². The lowest BCUT2D eigenvalue weighted by molar-refractivity contribution is 0.580. The monoisotopic (exact) mass is 154 g/mol. The average Bonchev–Trinajstić information content (AvgIpc) is 2.33. The summed E-state index contributed by atoms with van der Waals surface area (Å²) in [6.45, 7) is 1.97. The smallest absolute Gasteiger partial charge is 0.0959 e. The average molecular weight is 154 g/mol. The van der Waals surface area contributed by atoms with E-state index in [4.69, 9.17) is 6.42 Å². The minimum atomic E-state index is -1.86. The van der Waals surface area contributed by atoms with Crippen molar-refractivity contribution in [3.63, 3.8) is 0 Å². The SMILES string of the molecule is C#CC1=CCP(=O)(CC)C1. The number of terminal acetylenes is 1. The van der Waals surface area contributed by atoms with E-state index in [1.807, 2.05) is 13.0 Å². The number of hydrogen-bond acceptors (Lipinski definition) is 1. The van der Waals surface area contributed by atoms with E-state index in [1.165, 1.54) is 0 Å². The van der Waals surface area contributed by atoms with Crippen LogP contribution in [0.15, 0.2) is 11.6 Å². The van der Waals surface area contributed by atoms with Gasteiger partial charge >= 0.3 is 0 Å². The lowest BCUT2D eigenvalue weighted by atomic mass is 10.3. The van der Waals surface area contributed by atoms with Crippen LogP contribution in [0.3, 0.4) is 0 Å². The third-order valence-electron chi connectivity index (χ3n) is 1.89. The molecule has 0 radical (unpaired) electrons. The molecule has 0 fully saturated rings. The van der Waals surface area contributed by atoms with E-state index < -0.39 is 7.14 Å².